The van der Waals surface area contributed by atoms with E-state index in [0.29, 0.717) is 6.04 Å². The molecular weight excluding hydrogens is 252 g/mol. The molecule has 0 amide bonds. The van der Waals surface area contributed by atoms with E-state index in [2.05, 4.69) is 42.7 Å². The smallest absolute Gasteiger partial charge is 0.170 e. The summed E-state index contributed by atoms with van der Waals surface area (Å²) >= 11 is 5.43. The highest BCUT2D eigenvalue weighted by molar-refractivity contribution is 7.80. The van der Waals surface area contributed by atoms with Gasteiger partial charge in [0.2, 0.25) is 0 Å². The van der Waals surface area contributed by atoms with Crippen molar-refractivity contribution in [3.05, 3.63) is 29.3 Å². The standard InChI is InChI=1S/C16H24N2S/c1-12-9-13(2)11-15(10-12)18-16(19)17-14-7-5-3-4-6-8-14/h9-11,14H,3-8H2,1-2H3,(H2,17,18,19). The zero-order valence-corrected chi connectivity index (χ0v) is 12.8. The number of benzene rings is 1. The number of anilines is 1. The lowest BCUT2D eigenvalue weighted by Gasteiger charge is -2.19. The van der Waals surface area contributed by atoms with Gasteiger partial charge in [-0.25, -0.2) is 0 Å². The Morgan fingerprint density at radius 2 is 1.58 bits per heavy atom. The van der Waals surface area contributed by atoms with E-state index in [9.17, 15) is 0 Å². The monoisotopic (exact) mass is 276 g/mol. The highest BCUT2D eigenvalue weighted by atomic mass is 32.1. The Kier molecular flexibility index (Phi) is 5.20. The summed E-state index contributed by atoms with van der Waals surface area (Å²) in [5.41, 5.74) is 3.61. The van der Waals surface area contributed by atoms with Gasteiger partial charge >= 0.3 is 0 Å². The Hall–Kier alpha value is -1.09. The SMILES string of the molecule is Cc1cc(C)cc(NC(=S)NC2CCCCCC2)c1. The van der Waals surface area contributed by atoms with Crippen LogP contribution in [0.5, 0.6) is 0 Å². The molecule has 2 N–H and O–H groups in total. The molecule has 1 saturated carbocycles. The van der Waals surface area contributed by atoms with Gasteiger partial charge in [0.1, 0.15) is 0 Å². The van der Waals surface area contributed by atoms with Gasteiger partial charge < -0.3 is 10.6 Å². The van der Waals surface area contributed by atoms with Crippen molar-refractivity contribution < 1.29 is 0 Å². The highest BCUT2D eigenvalue weighted by Crippen LogP contribution is 2.18. The van der Waals surface area contributed by atoms with Crippen molar-refractivity contribution in [3.63, 3.8) is 0 Å². The molecule has 1 aliphatic carbocycles. The molecule has 0 radical (unpaired) electrons. The fourth-order valence-electron chi connectivity index (χ4n) is 2.82. The molecule has 0 heterocycles. The van der Waals surface area contributed by atoms with Crippen molar-refractivity contribution in [2.24, 2.45) is 0 Å². The molecule has 1 aliphatic rings. The van der Waals surface area contributed by atoms with E-state index in [4.69, 9.17) is 12.2 Å². The van der Waals surface area contributed by atoms with E-state index >= 15 is 0 Å². The first kappa shape index (κ1) is 14.3. The zero-order valence-electron chi connectivity index (χ0n) is 12.0. The van der Waals surface area contributed by atoms with Gasteiger partial charge in [-0.2, -0.15) is 0 Å². The van der Waals surface area contributed by atoms with Gasteiger partial charge in [-0.1, -0.05) is 31.7 Å². The lowest BCUT2D eigenvalue weighted by Crippen LogP contribution is -2.37. The minimum Gasteiger partial charge on any atom is -0.360 e. The molecule has 3 heteroatoms. The summed E-state index contributed by atoms with van der Waals surface area (Å²) in [5.74, 6) is 0. The van der Waals surface area contributed by atoms with Crippen LogP contribution in [0.25, 0.3) is 0 Å². The second-order valence-electron chi connectivity index (χ2n) is 5.66. The summed E-state index contributed by atoms with van der Waals surface area (Å²) in [6, 6.07) is 6.99. The third kappa shape index (κ3) is 4.83. The van der Waals surface area contributed by atoms with Crippen LogP contribution in [0.3, 0.4) is 0 Å². The largest absolute Gasteiger partial charge is 0.360 e. The summed E-state index contributed by atoms with van der Waals surface area (Å²) in [7, 11) is 0. The first-order valence-corrected chi connectivity index (χ1v) is 7.70. The van der Waals surface area contributed by atoms with Crippen LogP contribution >= 0.6 is 12.2 Å². The predicted octanol–water partition coefficient (Wildman–Crippen LogP) is 4.31. The van der Waals surface area contributed by atoms with Crippen molar-refractivity contribution in [2.75, 3.05) is 5.32 Å². The maximum atomic E-state index is 5.43. The molecule has 0 spiro atoms. The van der Waals surface area contributed by atoms with Gasteiger partial charge in [0.25, 0.3) is 0 Å². The molecule has 1 aromatic carbocycles. The van der Waals surface area contributed by atoms with Crippen LogP contribution in [0.2, 0.25) is 0 Å². The average molecular weight is 276 g/mol. The highest BCUT2D eigenvalue weighted by Gasteiger charge is 2.12. The van der Waals surface area contributed by atoms with Gasteiger partial charge in [-0.05, 0) is 62.2 Å². The molecule has 0 atom stereocenters. The average Bonchev–Trinajstić information content (AvgIpc) is 2.55. The Balaban J connectivity index is 1.89. The molecule has 0 aliphatic heterocycles. The molecule has 1 fully saturated rings. The normalized spacial score (nSPS) is 16.7. The molecule has 2 rings (SSSR count). The van der Waals surface area contributed by atoms with Gasteiger partial charge in [0, 0.05) is 11.7 Å². The third-order valence-corrected chi connectivity index (χ3v) is 3.89. The van der Waals surface area contributed by atoms with Crippen LogP contribution in [-0.2, 0) is 0 Å². The van der Waals surface area contributed by atoms with E-state index in [1.807, 2.05) is 0 Å². The topological polar surface area (TPSA) is 24.1 Å². The Morgan fingerprint density at radius 1 is 1.00 bits per heavy atom. The molecule has 0 saturated heterocycles. The molecule has 1 aromatic rings. The number of thiocarbonyl (C=S) groups is 1. The quantitative estimate of drug-likeness (QED) is 0.621. The number of nitrogens with one attached hydrogen (secondary N) is 2. The maximum Gasteiger partial charge on any atom is 0.170 e. The molecular formula is C16H24N2S. The van der Waals surface area contributed by atoms with Crippen LogP contribution in [0.1, 0.15) is 49.7 Å². The number of hydrogen-bond acceptors (Lipinski definition) is 1. The molecule has 0 unspecified atom stereocenters. The van der Waals surface area contributed by atoms with Crippen LogP contribution in [0, 0.1) is 13.8 Å². The lowest BCUT2D eigenvalue weighted by molar-refractivity contribution is 0.535. The summed E-state index contributed by atoms with van der Waals surface area (Å²) in [6.07, 6.45) is 7.88. The second-order valence-corrected chi connectivity index (χ2v) is 6.07. The molecule has 2 nitrogen and oxygen atoms in total. The van der Waals surface area contributed by atoms with E-state index in [1.165, 1.54) is 49.7 Å². The fourth-order valence-corrected chi connectivity index (χ4v) is 3.11. The minimum atomic E-state index is 0.549. The summed E-state index contributed by atoms with van der Waals surface area (Å²) in [5, 5.41) is 7.54. The Bertz CT molecular complexity index is 414. The first-order valence-electron chi connectivity index (χ1n) is 7.29. The summed E-state index contributed by atoms with van der Waals surface area (Å²) < 4.78 is 0. The fraction of sp³-hybridized carbons (Fsp3) is 0.562. The van der Waals surface area contributed by atoms with Crippen molar-refractivity contribution in [3.8, 4) is 0 Å². The zero-order chi connectivity index (χ0) is 13.7. The van der Waals surface area contributed by atoms with Crippen LogP contribution in [0.4, 0.5) is 5.69 Å². The molecule has 0 aromatic heterocycles. The van der Waals surface area contributed by atoms with Crippen molar-refractivity contribution in [2.45, 2.75) is 58.4 Å². The number of rotatable bonds is 2. The van der Waals surface area contributed by atoms with Gasteiger partial charge in [0.05, 0.1) is 0 Å². The predicted molar refractivity (Wildman–Crippen MR) is 86.8 cm³/mol. The van der Waals surface area contributed by atoms with E-state index in [1.54, 1.807) is 0 Å². The van der Waals surface area contributed by atoms with Gasteiger partial charge in [-0.3, -0.25) is 0 Å². The minimum absolute atomic E-state index is 0.549. The third-order valence-electron chi connectivity index (χ3n) is 3.67. The van der Waals surface area contributed by atoms with Crippen LogP contribution in [-0.4, -0.2) is 11.2 Å². The Morgan fingerprint density at radius 3 is 2.16 bits per heavy atom. The van der Waals surface area contributed by atoms with E-state index in [-0.39, 0.29) is 0 Å². The van der Waals surface area contributed by atoms with E-state index < -0.39 is 0 Å². The molecule has 104 valence electrons. The van der Waals surface area contributed by atoms with Gasteiger partial charge in [-0.15, -0.1) is 0 Å². The maximum absolute atomic E-state index is 5.43. The van der Waals surface area contributed by atoms with Crippen LogP contribution < -0.4 is 10.6 Å². The Labute approximate surface area is 122 Å². The van der Waals surface area contributed by atoms with Crippen molar-refractivity contribution in [1.82, 2.24) is 5.32 Å². The van der Waals surface area contributed by atoms with Crippen molar-refractivity contribution >= 4 is 23.0 Å². The number of aryl methyl sites for hydroxylation is 2. The van der Waals surface area contributed by atoms with Crippen molar-refractivity contribution in [1.29, 1.82) is 0 Å². The first-order chi connectivity index (χ1) is 9.13. The molecule has 0 bridgehead atoms. The molecule has 19 heavy (non-hydrogen) atoms. The summed E-state index contributed by atoms with van der Waals surface area (Å²) in [6.45, 7) is 4.22. The van der Waals surface area contributed by atoms with Gasteiger partial charge in [0.15, 0.2) is 5.11 Å². The number of hydrogen-bond donors (Lipinski definition) is 2. The summed E-state index contributed by atoms with van der Waals surface area (Å²) in [4.78, 5) is 0. The second kappa shape index (κ2) is 6.90. The lowest BCUT2D eigenvalue weighted by atomic mass is 10.1. The van der Waals surface area contributed by atoms with Crippen LogP contribution in [0.15, 0.2) is 18.2 Å². The van der Waals surface area contributed by atoms with E-state index in [0.717, 1.165) is 10.8 Å².